The molecule has 0 aliphatic carbocycles. The fourth-order valence-corrected chi connectivity index (χ4v) is 4.67. The van der Waals surface area contributed by atoms with Gasteiger partial charge >= 0.3 is 0 Å². The molecule has 0 saturated heterocycles. The second-order valence-corrected chi connectivity index (χ2v) is 8.61. The van der Waals surface area contributed by atoms with Gasteiger partial charge in [-0.25, -0.2) is 0 Å². The Kier molecular flexibility index (Phi) is 6.05. The molecule has 0 saturated carbocycles. The summed E-state index contributed by atoms with van der Waals surface area (Å²) in [5.41, 5.74) is 4.66. The van der Waals surface area contributed by atoms with Gasteiger partial charge in [0.1, 0.15) is 10.8 Å². The predicted octanol–water partition coefficient (Wildman–Crippen LogP) is 6.52. The van der Waals surface area contributed by atoms with Crippen LogP contribution in [0.5, 0.6) is 5.75 Å². The predicted molar refractivity (Wildman–Crippen MR) is 128 cm³/mol. The highest BCUT2D eigenvalue weighted by Crippen LogP contribution is 2.41. The van der Waals surface area contributed by atoms with Crippen molar-refractivity contribution < 1.29 is 9.90 Å². The van der Waals surface area contributed by atoms with Gasteiger partial charge in [0.15, 0.2) is 0 Å². The minimum Gasteiger partial charge on any atom is -0.508 e. The quantitative estimate of drug-likeness (QED) is 0.327. The van der Waals surface area contributed by atoms with Gasteiger partial charge in [0, 0.05) is 27.8 Å². The average molecular weight is 429 g/mol. The second kappa shape index (κ2) is 9.06. The maximum Gasteiger partial charge on any atom is 0.256 e. The molecule has 31 heavy (non-hydrogen) atoms. The first-order valence-electron chi connectivity index (χ1n) is 10.1. The largest absolute Gasteiger partial charge is 0.508 e. The summed E-state index contributed by atoms with van der Waals surface area (Å²) in [6.07, 6.45) is 0. The maximum atomic E-state index is 12.9. The van der Waals surface area contributed by atoms with Crippen LogP contribution in [-0.4, -0.2) is 11.0 Å². The van der Waals surface area contributed by atoms with Crippen molar-refractivity contribution >= 4 is 27.9 Å². The van der Waals surface area contributed by atoms with Crippen LogP contribution in [0.4, 0.5) is 10.7 Å². The second-order valence-electron chi connectivity index (χ2n) is 7.38. The third kappa shape index (κ3) is 4.62. The van der Waals surface area contributed by atoms with Gasteiger partial charge in [0.25, 0.3) is 5.91 Å². The molecule has 0 aliphatic rings. The normalized spacial score (nSPS) is 11.7. The number of aromatic hydroxyl groups is 1. The minimum absolute atomic E-state index is 0.132. The van der Waals surface area contributed by atoms with Crippen molar-refractivity contribution in [2.24, 2.45) is 0 Å². The van der Waals surface area contributed by atoms with E-state index in [9.17, 15) is 9.90 Å². The number of nitrogens with one attached hydrogen (secondary N) is 2. The number of anilines is 2. The average Bonchev–Trinajstić information content (AvgIpc) is 3.06. The standard InChI is InChI=1S/C26H24N2O2S/c1-17-18(2)31-26(28-25(30)20-12-7-4-8-13-20)23(17)24(19-10-5-3-6-11-19)27-21-14-9-15-22(29)16-21/h3-16,24,27,29H,1-2H3,(H,28,30). The molecule has 4 nitrogen and oxygen atoms in total. The molecule has 3 aromatic carbocycles. The molecule has 4 aromatic rings. The van der Waals surface area contributed by atoms with Crippen molar-refractivity contribution in [2.75, 3.05) is 10.6 Å². The summed E-state index contributed by atoms with van der Waals surface area (Å²) >= 11 is 1.58. The number of rotatable bonds is 6. The lowest BCUT2D eigenvalue weighted by Crippen LogP contribution is -2.17. The Labute approximate surface area is 186 Å². The zero-order valence-corrected chi connectivity index (χ0v) is 18.2. The van der Waals surface area contributed by atoms with Gasteiger partial charge in [-0.3, -0.25) is 4.79 Å². The Morgan fingerprint density at radius 1 is 0.903 bits per heavy atom. The van der Waals surface area contributed by atoms with Crippen molar-refractivity contribution in [1.29, 1.82) is 0 Å². The maximum absolute atomic E-state index is 12.9. The van der Waals surface area contributed by atoms with Crippen LogP contribution in [0, 0.1) is 13.8 Å². The lowest BCUT2D eigenvalue weighted by atomic mass is 9.96. The molecule has 156 valence electrons. The highest BCUT2D eigenvalue weighted by atomic mass is 32.1. The third-order valence-corrected chi connectivity index (χ3v) is 6.41. The number of benzene rings is 3. The smallest absolute Gasteiger partial charge is 0.256 e. The molecule has 0 fully saturated rings. The molecular formula is C26H24N2O2S. The third-order valence-electron chi connectivity index (χ3n) is 5.27. The molecule has 5 heteroatoms. The fourth-order valence-electron chi connectivity index (χ4n) is 3.58. The monoisotopic (exact) mass is 428 g/mol. The van der Waals surface area contributed by atoms with Crippen molar-refractivity contribution in [1.82, 2.24) is 0 Å². The molecule has 0 radical (unpaired) electrons. The zero-order chi connectivity index (χ0) is 21.8. The van der Waals surface area contributed by atoms with Crippen LogP contribution in [0.3, 0.4) is 0 Å². The lowest BCUT2D eigenvalue weighted by molar-refractivity contribution is 0.102. The first-order valence-corrected chi connectivity index (χ1v) is 10.9. The SMILES string of the molecule is Cc1sc(NC(=O)c2ccccc2)c(C(Nc2cccc(O)c2)c2ccccc2)c1C. The Balaban J connectivity index is 1.76. The summed E-state index contributed by atoms with van der Waals surface area (Å²) in [5.74, 6) is 0.0694. The van der Waals surface area contributed by atoms with Gasteiger partial charge in [0.2, 0.25) is 0 Å². The topological polar surface area (TPSA) is 61.4 Å². The fraction of sp³-hybridized carbons (Fsp3) is 0.115. The van der Waals surface area contributed by atoms with E-state index in [-0.39, 0.29) is 17.7 Å². The van der Waals surface area contributed by atoms with Crippen LogP contribution in [0.2, 0.25) is 0 Å². The minimum atomic E-state index is -0.195. The van der Waals surface area contributed by atoms with E-state index in [1.54, 1.807) is 23.5 Å². The number of carbonyl (C=O) groups excluding carboxylic acids is 1. The van der Waals surface area contributed by atoms with Gasteiger partial charge in [-0.15, -0.1) is 11.3 Å². The van der Waals surface area contributed by atoms with Crippen molar-refractivity contribution in [3.63, 3.8) is 0 Å². The van der Waals surface area contributed by atoms with Crippen LogP contribution < -0.4 is 10.6 Å². The molecule has 1 atom stereocenters. The molecule has 0 aliphatic heterocycles. The van der Waals surface area contributed by atoms with Crippen LogP contribution >= 0.6 is 11.3 Å². The molecule has 3 N–H and O–H groups in total. The highest BCUT2D eigenvalue weighted by molar-refractivity contribution is 7.16. The number of aryl methyl sites for hydroxylation is 1. The first-order chi connectivity index (χ1) is 15.0. The number of phenolic OH excluding ortho intramolecular Hbond substituents is 1. The molecule has 0 bridgehead atoms. The summed E-state index contributed by atoms with van der Waals surface area (Å²) in [4.78, 5) is 14.0. The lowest BCUT2D eigenvalue weighted by Gasteiger charge is -2.23. The van der Waals surface area contributed by atoms with E-state index in [4.69, 9.17) is 0 Å². The molecule has 1 heterocycles. The van der Waals surface area contributed by atoms with E-state index < -0.39 is 0 Å². The summed E-state index contributed by atoms with van der Waals surface area (Å²) in [5, 5.41) is 17.4. The van der Waals surface area contributed by atoms with E-state index in [0.717, 1.165) is 32.3 Å². The summed E-state index contributed by atoms with van der Waals surface area (Å²) in [6, 6.07) is 26.2. The van der Waals surface area contributed by atoms with Crippen LogP contribution in [0.1, 0.15) is 38.0 Å². The highest BCUT2D eigenvalue weighted by Gasteiger charge is 2.25. The molecule has 0 spiro atoms. The number of hydrogen-bond acceptors (Lipinski definition) is 4. The van der Waals surface area contributed by atoms with Crippen LogP contribution in [0.15, 0.2) is 84.9 Å². The molecule has 1 unspecified atom stereocenters. The number of phenols is 1. The Hall–Kier alpha value is -3.57. The van der Waals surface area contributed by atoms with Crippen LogP contribution in [0.25, 0.3) is 0 Å². The Morgan fingerprint density at radius 3 is 2.26 bits per heavy atom. The zero-order valence-electron chi connectivity index (χ0n) is 17.4. The van der Waals surface area contributed by atoms with E-state index in [1.165, 1.54) is 0 Å². The Morgan fingerprint density at radius 2 is 1.58 bits per heavy atom. The van der Waals surface area contributed by atoms with Gasteiger partial charge in [0.05, 0.1) is 6.04 Å². The number of hydrogen-bond donors (Lipinski definition) is 3. The van der Waals surface area contributed by atoms with E-state index in [1.807, 2.05) is 60.7 Å². The van der Waals surface area contributed by atoms with E-state index in [0.29, 0.717) is 5.56 Å². The van der Waals surface area contributed by atoms with Crippen LogP contribution in [-0.2, 0) is 0 Å². The first kappa shape index (κ1) is 20.7. The molecule has 1 amide bonds. The van der Waals surface area contributed by atoms with E-state index >= 15 is 0 Å². The summed E-state index contributed by atoms with van der Waals surface area (Å²) < 4.78 is 0. The van der Waals surface area contributed by atoms with Crippen molar-refractivity contribution in [3.8, 4) is 5.75 Å². The number of carbonyl (C=O) groups is 1. The molecular weight excluding hydrogens is 404 g/mol. The number of amides is 1. The van der Waals surface area contributed by atoms with Gasteiger partial charge in [-0.1, -0.05) is 54.6 Å². The van der Waals surface area contributed by atoms with Gasteiger partial charge in [-0.05, 0) is 49.2 Å². The van der Waals surface area contributed by atoms with Gasteiger partial charge < -0.3 is 15.7 Å². The Bertz CT molecular complexity index is 1190. The summed E-state index contributed by atoms with van der Waals surface area (Å²) in [7, 11) is 0. The molecule has 1 aromatic heterocycles. The molecule has 4 rings (SSSR count). The van der Waals surface area contributed by atoms with Crippen molar-refractivity contribution in [3.05, 3.63) is 112 Å². The van der Waals surface area contributed by atoms with E-state index in [2.05, 4.69) is 36.6 Å². The van der Waals surface area contributed by atoms with Crippen molar-refractivity contribution in [2.45, 2.75) is 19.9 Å². The summed E-state index contributed by atoms with van der Waals surface area (Å²) in [6.45, 7) is 4.15. The number of thiophene rings is 1. The van der Waals surface area contributed by atoms with Gasteiger partial charge in [-0.2, -0.15) is 0 Å².